The van der Waals surface area contributed by atoms with Gasteiger partial charge in [-0.3, -0.25) is 4.79 Å². The van der Waals surface area contributed by atoms with Crippen LogP contribution in [0.3, 0.4) is 0 Å². The molecule has 0 aromatic carbocycles. The second-order valence-corrected chi connectivity index (χ2v) is 5.97. The highest BCUT2D eigenvalue weighted by Crippen LogP contribution is 2.39. The van der Waals surface area contributed by atoms with Crippen molar-refractivity contribution in [3.05, 3.63) is 0 Å². The number of carbonyl (C=O) groups excluding carboxylic acids is 1. The van der Waals surface area contributed by atoms with Gasteiger partial charge in [-0.2, -0.15) is 13.2 Å². The van der Waals surface area contributed by atoms with Gasteiger partial charge in [-0.05, 0) is 38.0 Å². The fourth-order valence-electron chi connectivity index (χ4n) is 2.68. The Hall–Kier alpha value is -0.450. The van der Waals surface area contributed by atoms with E-state index in [0.717, 1.165) is 12.8 Å². The fraction of sp³-hybridized carbons (Fsp3) is 0.929. The van der Waals surface area contributed by atoms with Crippen LogP contribution in [-0.4, -0.2) is 24.5 Å². The van der Waals surface area contributed by atoms with Crippen LogP contribution in [0.15, 0.2) is 0 Å². The quantitative estimate of drug-likeness (QED) is 0.734. The maximum atomic E-state index is 12.5. The molecule has 20 heavy (non-hydrogen) atoms. The number of rotatable bonds is 6. The first-order valence-corrected chi connectivity index (χ1v) is 7.82. The van der Waals surface area contributed by atoms with E-state index in [9.17, 15) is 18.0 Å². The Morgan fingerprint density at radius 1 is 1.30 bits per heavy atom. The van der Waals surface area contributed by atoms with E-state index in [-0.39, 0.29) is 24.7 Å². The Morgan fingerprint density at radius 2 is 1.90 bits per heavy atom. The van der Waals surface area contributed by atoms with Crippen molar-refractivity contribution in [3.63, 3.8) is 0 Å². The summed E-state index contributed by atoms with van der Waals surface area (Å²) in [5, 5.41) is 2.86. The minimum atomic E-state index is -4.12. The molecule has 0 aromatic rings. The average molecular weight is 314 g/mol. The van der Waals surface area contributed by atoms with Crippen molar-refractivity contribution in [1.82, 2.24) is 5.32 Å². The molecule has 0 saturated heterocycles. The zero-order valence-corrected chi connectivity index (χ0v) is 12.6. The molecule has 2 nitrogen and oxygen atoms in total. The molecule has 1 unspecified atom stereocenters. The van der Waals surface area contributed by atoms with Crippen molar-refractivity contribution >= 4 is 17.5 Å². The number of carbonyl (C=O) groups is 1. The fourth-order valence-corrected chi connectivity index (χ4v) is 2.99. The smallest absolute Gasteiger partial charge is 0.356 e. The lowest BCUT2D eigenvalue weighted by atomic mass is 9.81. The van der Waals surface area contributed by atoms with Crippen molar-refractivity contribution < 1.29 is 18.0 Å². The summed E-state index contributed by atoms with van der Waals surface area (Å²) in [4.78, 5) is 12.0. The van der Waals surface area contributed by atoms with Gasteiger partial charge >= 0.3 is 6.18 Å². The molecule has 1 N–H and O–H groups in total. The molecule has 1 atom stereocenters. The van der Waals surface area contributed by atoms with Crippen LogP contribution in [0, 0.1) is 17.8 Å². The third-order valence-corrected chi connectivity index (χ3v) is 4.44. The van der Waals surface area contributed by atoms with Crippen LogP contribution < -0.4 is 5.32 Å². The average Bonchev–Trinajstić information content (AvgIpc) is 2.42. The Kier molecular flexibility index (Phi) is 7.13. The van der Waals surface area contributed by atoms with Crippen molar-refractivity contribution in [3.8, 4) is 0 Å². The Balaban J connectivity index is 2.32. The van der Waals surface area contributed by atoms with Crippen LogP contribution >= 0.6 is 11.6 Å². The Bertz CT molecular complexity index is 301. The first-order valence-electron chi connectivity index (χ1n) is 7.28. The number of hydrogen-bond donors (Lipinski definition) is 1. The monoisotopic (exact) mass is 313 g/mol. The third-order valence-electron chi connectivity index (χ3n) is 4.22. The normalized spacial score (nSPS) is 25.2. The van der Waals surface area contributed by atoms with Crippen LogP contribution in [0.1, 0.15) is 45.4 Å². The van der Waals surface area contributed by atoms with Gasteiger partial charge in [-0.25, -0.2) is 0 Å². The molecule has 1 amide bonds. The molecule has 0 bridgehead atoms. The Morgan fingerprint density at radius 3 is 2.35 bits per heavy atom. The predicted octanol–water partition coefficient (Wildman–Crippen LogP) is 4.13. The largest absolute Gasteiger partial charge is 0.391 e. The van der Waals surface area contributed by atoms with Gasteiger partial charge < -0.3 is 5.32 Å². The van der Waals surface area contributed by atoms with E-state index in [1.807, 2.05) is 6.92 Å². The number of nitrogens with one attached hydrogen (secondary N) is 1. The minimum Gasteiger partial charge on any atom is -0.356 e. The van der Waals surface area contributed by atoms with Crippen LogP contribution in [0.25, 0.3) is 0 Å². The first kappa shape index (κ1) is 17.6. The van der Waals surface area contributed by atoms with Gasteiger partial charge in [0.05, 0.1) is 5.92 Å². The second kappa shape index (κ2) is 8.11. The van der Waals surface area contributed by atoms with Gasteiger partial charge in [0.1, 0.15) is 0 Å². The summed E-state index contributed by atoms with van der Waals surface area (Å²) < 4.78 is 37.6. The number of alkyl halides is 4. The molecule has 1 rings (SSSR count). The molecule has 0 aromatic heterocycles. The maximum Gasteiger partial charge on any atom is 0.391 e. The number of halogens is 4. The molecule has 1 fully saturated rings. The van der Waals surface area contributed by atoms with Crippen LogP contribution in [0.4, 0.5) is 13.2 Å². The first-order chi connectivity index (χ1) is 9.38. The molecular formula is C14H23ClF3NO. The summed E-state index contributed by atoms with van der Waals surface area (Å²) in [5.74, 6) is -0.680. The van der Waals surface area contributed by atoms with E-state index in [2.05, 4.69) is 5.32 Å². The SMILES string of the molecule is CCC(CCCl)CNC(=O)C1CCC(C(F)(F)F)CC1. The molecular weight excluding hydrogens is 291 g/mol. The molecule has 0 aliphatic heterocycles. The van der Waals surface area contributed by atoms with Gasteiger partial charge in [0, 0.05) is 18.3 Å². The van der Waals surface area contributed by atoms with Crippen molar-refractivity contribution in [2.24, 2.45) is 17.8 Å². The predicted molar refractivity (Wildman–Crippen MR) is 73.6 cm³/mol. The van der Waals surface area contributed by atoms with Crippen molar-refractivity contribution in [2.75, 3.05) is 12.4 Å². The highest BCUT2D eigenvalue weighted by atomic mass is 35.5. The summed E-state index contributed by atoms with van der Waals surface area (Å²) in [6.45, 7) is 2.61. The van der Waals surface area contributed by atoms with Gasteiger partial charge in [-0.15, -0.1) is 11.6 Å². The molecule has 0 heterocycles. The number of amides is 1. The summed E-state index contributed by atoms with van der Waals surface area (Å²) >= 11 is 5.68. The molecule has 118 valence electrons. The van der Waals surface area contributed by atoms with Gasteiger partial charge in [0.2, 0.25) is 5.91 Å². The maximum absolute atomic E-state index is 12.5. The van der Waals surface area contributed by atoms with Crippen molar-refractivity contribution in [1.29, 1.82) is 0 Å². The number of hydrogen-bond acceptors (Lipinski definition) is 1. The van der Waals surface area contributed by atoms with Gasteiger partial charge in [0.25, 0.3) is 0 Å². The van der Waals surface area contributed by atoms with E-state index >= 15 is 0 Å². The standard InChI is InChI=1S/C14H23ClF3NO/c1-2-10(7-8-15)9-19-13(20)11-3-5-12(6-4-11)14(16,17)18/h10-12H,2-9H2,1H3,(H,19,20). The highest BCUT2D eigenvalue weighted by molar-refractivity contribution is 6.17. The minimum absolute atomic E-state index is 0.0699. The lowest BCUT2D eigenvalue weighted by molar-refractivity contribution is -0.184. The molecule has 6 heteroatoms. The second-order valence-electron chi connectivity index (χ2n) is 5.59. The summed E-state index contributed by atoms with van der Waals surface area (Å²) in [6, 6.07) is 0. The zero-order chi connectivity index (χ0) is 15.2. The summed E-state index contributed by atoms with van der Waals surface area (Å²) in [6.07, 6.45) is -1.52. The topological polar surface area (TPSA) is 29.1 Å². The van der Waals surface area contributed by atoms with E-state index in [4.69, 9.17) is 11.6 Å². The Labute approximate surface area is 123 Å². The van der Waals surface area contributed by atoms with Crippen molar-refractivity contribution in [2.45, 2.75) is 51.6 Å². The van der Waals surface area contributed by atoms with Gasteiger partial charge in [-0.1, -0.05) is 13.3 Å². The summed E-state index contributed by atoms with van der Waals surface area (Å²) in [7, 11) is 0. The van der Waals surface area contributed by atoms with E-state index in [0.29, 0.717) is 31.2 Å². The molecule has 1 saturated carbocycles. The van der Waals surface area contributed by atoms with Crippen LogP contribution in [0.5, 0.6) is 0 Å². The van der Waals surface area contributed by atoms with Gasteiger partial charge in [0.15, 0.2) is 0 Å². The van der Waals surface area contributed by atoms with Crippen LogP contribution in [0.2, 0.25) is 0 Å². The molecule has 1 aliphatic rings. The molecule has 0 radical (unpaired) electrons. The molecule has 0 spiro atoms. The van der Waals surface area contributed by atoms with Crippen LogP contribution in [-0.2, 0) is 4.79 Å². The highest BCUT2D eigenvalue weighted by Gasteiger charge is 2.42. The molecule has 1 aliphatic carbocycles. The lowest BCUT2D eigenvalue weighted by Crippen LogP contribution is -2.38. The lowest BCUT2D eigenvalue weighted by Gasteiger charge is -2.29. The van der Waals surface area contributed by atoms with E-state index < -0.39 is 12.1 Å². The van der Waals surface area contributed by atoms with E-state index in [1.54, 1.807) is 0 Å². The van der Waals surface area contributed by atoms with E-state index in [1.165, 1.54) is 0 Å². The summed E-state index contributed by atoms with van der Waals surface area (Å²) in [5.41, 5.74) is 0. The zero-order valence-electron chi connectivity index (χ0n) is 11.8. The third kappa shape index (κ3) is 5.51.